The van der Waals surface area contributed by atoms with E-state index in [1.165, 1.54) is 0 Å². The topological polar surface area (TPSA) is 279 Å². The van der Waals surface area contributed by atoms with E-state index < -0.39 is 158 Å². The van der Waals surface area contributed by atoms with E-state index in [2.05, 4.69) is 4.74 Å². The first-order chi connectivity index (χ1) is 26.1. The summed E-state index contributed by atoms with van der Waals surface area (Å²) < 4.78 is 104. The average Bonchev–Trinajstić information content (AvgIpc) is 3.06. The molecule has 4 unspecified atom stereocenters. The Labute approximate surface area is 323 Å². The molecule has 2 heterocycles. The zero-order valence-corrected chi connectivity index (χ0v) is 31.4. The molecule has 0 aromatic heterocycles. The molecule has 4 rings (SSSR count). The van der Waals surface area contributed by atoms with E-state index in [0.29, 0.717) is 25.9 Å². The Kier molecular flexibility index (Phi) is 11.5. The number of benzene rings is 2. The van der Waals surface area contributed by atoms with Crippen LogP contribution in [0.3, 0.4) is 0 Å². The number of piperazine rings is 1. The van der Waals surface area contributed by atoms with Crippen LogP contribution in [-0.2, 0) is 21.9 Å². The lowest BCUT2D eigenvalue weighted by atomic mass is 9.85. The maximum absolute atomic E-state index is 14.9. The van der Waals surface area contributed by atoms with Gasteiger partial charge in [0.05, 0.1) is 12.1 Å². The molecule has 18 nitrogen and oxygen atoms in total. The number of ether oxygens (including phenoxy) is 1. The van der Waals surface area contributed by atoms with Gasteiger partial charge in [0.1, 0.15) is 28.4 Å². The van der Waals surface area contributed by atoms with E-state index in [4.69, 9.17) is 0 Å². The SMILES string of the molecule is COC1(O)N(C(C)=O)C(O)(O)C(O)(O)N(C2CCN(C(=O)N(C)C(C)c3c(C)c(C(F)(F)F)c(O)c(C(F)(F)F)c3O)C(c3c(C)c(O)c(F)c(C)c3O)C2)C1(O)O. The standard InChI is InChI=1S/C33H41F7N4O14/c1-11-18(25(48)21(29(38,39)40)26(49)20(11)28(35,36)37)14(4)41(6)27(50)42-9-8-16(10-17(42)19-12(2)24(47)22(34)13(3)23(19)46)44-31(53,54)30(51,52)43(15(5)45)33(57,58-7)32(44,55)56/h14,16-17,46-49,51-57H,8-10H2,1-7H3. The van der Waals surface area contributed by atoms with E-state index in [-0.39, 0.29) is 4.90 Å². The van der Waals surface area contributed by atoms with Crippen molar-refractivity contribution >= 4 is 11.9 Å². The highest BCUT2D eigenvalue weighted by atomic mass is 19.4. The van der Waals surface area contributed by atoms with Crippen LogP contribution in [0.1, 0.15) is 77.7 Å². The van der Waals surface area contributed by atoms with Gasteiger partial charge in [0.15, 0.2) is 11.6 Å². The summed E-state index contributed by atoms with van der Waals surface area (Å²) in [6.07, 6.45) is -13.1. The number of methoxy groups -OCH3 is 1. The lowest BCUT2D eigenvalue weighted by Crippen LogP contribution is -2.92. The number of rotatable bonds is 5. The number of phenols is 4. The Morgan fingerprint density at radius 3 is 1.78 bits per heavy atom. The van der Waals surface area contributed by atoms with Crippen LogP contribution in [0.4, 0.5) is 35.5 Å². The van der Waals surface area contributed by atoms with Gasteiger partial charge in [-0.25, -0.2) is 14.1 Å². The number of aliphatic hydroxyl groups is 7. The van der Waals surface area contributed by atoms with Gasteiger partial charge < -0.3 is 70.7 Å². The Balaban J connectivity index is 1.95. The highest BCUT2D eigenvalue weighted by molar-refractivity contribution is 5.77. The summed E-state index contributed by atoms with van der Waals surface area (Å²) in [6, 6.07) is -7.14. The number of alkyl halides is 6. The number of hydrogen-bond donors (Lipinski definition) is 11. The predicted molar refractivity (Wildman–Crippen MR) is 176 cm³/mol. The van der Waals surface area contributed by atoms with Gasteiger partial charge in [-0.3, -0.25) is 4.79 Å². The third-order valence-electron chi connectivity index (χ3n) is 10.8. The number of piperidine rings is 1. The lowest BCUT2D eigenvalue weighted by Gasteiger charge is -2.63. The third kappa shape index (κ3) is 6.57. The van der Waals surface area contributed by atoms with Crippen LogP contribution in [0, 0.1) is 26.6 Å². The first-order valence-electron chi connectivity index (χ1n) is 16.8. The molecule has 25 heteroatoms. The van der Waals surface area contributed by atoms with Crippen LogP contribution in [0.15, 0.2) is 0 Å². The van der Waals surface area contributed by atoms with Gasteiger partial charge in [-0.2, -0.15) is 31.2 Å². The van der Waals surface area contributed by atoms with Crippen molar-refractivity contribution in [2.75, 3.05) is 20.7 Å². The van der Waals surface area contributed by atoms with Crippen molar-refractivity contribution in [1.29, 1.82) is 0 Å². The molecule has 2 saturated heterocycles. The van der Waals surface area contributed by atoms with Crippen LogP contribution in [-0.4, -0.2) is 138 Å². The number of likely N-dealkylation sites (tertiary alicyclic amines) is 1. The minimum Gasteiger partial charge on any atom is -0.507 e. The van der Waals surface area contributed by atoms with Gasteiger partial charge in [0.2, 0.25) is 5.91 Å². The summed E-state index contributed by atoms with van der Waals surface area (Å²) in [5, 5.41) is 121. The molecule has 2 aromatic carbocycles. The van der Waals surface area contributed by atoms with Crippen molar-refractivity contribution in [2.24, 2.45) is 0 Å². The summed E-state index contributed by atoms with van der Waals surface area (Å²) in [6.45, 7) is 3.20. The fourth-order valence-electron chi connectivity index (χ4n) is 7.81. The number of nitrogens with zero attached hydrogens (tertiary/aromatic N) is 4. The second-order valence-electron chi connectivity index (χ2n) is 14.1. The summed E-state index contributed by atoms with van der Waals surface area (Å²) in [7, 11) is 1.38. The second kappa shape index (κ2) is 14.4. The molecular formula is C33H41F7N4O14. The number of phenolic OH excluding ortho intramolecular Hbond substituents is 4. The van der Waals surface area contributed by atoms with Gasteiger partial charge in [-0.1, -0.05) is 0 Å². The Bertz CT molecular complexity index is 1940. The summed E-state index contributed by atoms with van der Waals surface area (Å²) in [5.74, 6) is -26.3. The van der Waals surface area contributed by atoms with Gasteiger partial charge in [-0.05, 0) is 46.1 Å². The van der Waals surface area contributed by atoms with Crippen molar-refractivity contribution in [1.82, 2.24) is 19.6 Å². The number of urea groups is 1. The number of amides is 3. The van der Waals surface area contributed by atoms with Gasteiger partial charge in [-0.15, -0.1) is 0 Å². The first-order valence-corrected chi connectivity index (χ1v) is 16.8. The maximum atomic E-state index is 14.9. The number of carbonyl (C=O) groups excluding carboxylic acids is 2. The van der Waals surface area contributed by atoms with Crippen LogP contribution < -0.4 is 0 Å². The molecule has 3 amide bonds. The quantitative estimate of drug-likeness (QED) is 0.115. The van der Waals surface area contributed by atoms with E-state index in [1.54, 1.807) is 0 Å². The second-order valence-corrected chi connectivity index (χ2v) is 14.1. The molecule has 0 bridgehead atoms. The minimum absolute atomic E-state index is 0.345. The summed E-state index contributed by atoms with van der Waals surface area (Å²) in [5.41, 5.74) is -8.62. The number of halogens is 7. The number of hydrogen-bond acceptors (Lipinski definition) is 15. The fraction of sp³-hybridized carbons (Fsp3) is 0.576. The molecule has 58 heavy (non-hydrogen) atoms. The van der Waals surface area contributed by atoms with Crippen LogP contribution in [0.5, 0.6) is 23.0 Å². The first kappa shape index (κ1) is 46.2. The molecule has 0 aliphatic carbocycles. The molecule has 2 fully saturated rings. The largest absolute Gasteiger partial charge is 0.507 e. The molecule has 326 valence electrons. The molecule has 4 atom stereocenters. The Morgan fingerprint density at radius 1 is 0.793 bits per heavy atom. The summed E-state index contributed by atoms with van der Waals surface area (Å²) >= 11 is 0. The molecular weight excluding hydrogens is 809 g/mol. The minimum atomic E-state index is -5.77. The Hall–Kier alpha value is -4.47. The Morgan fingerprint density at radius 2 is 1.31 bits per heavy atom. The molecule has 2 aromatic rings. The van der Waals surface area contributed by atoms with Crippen molar-refractivity contribution in [2.45, 2.75) is 102 Å². The molecule has 2 aliphatic rings. The predicted octanol–water partition coefficient (Wildman–Crippen LogP) is 1.30. The fourth-order valence-corrected chi connectivity index (χ4v) is 7.81. The molecule has 0 saturated carbocycles. The monoisotopic (exact) mass is 850 g/mol. The normalized spacial score (nSPS) is 24.2. The molecule has 0 spiro atoms. The van der Waals surface area contributed by atoms with Crippen molar-refractivity contribution in [3.63, 3.8) is 0 Å². The molecule has 0 radical (unpaired) electrons. The summed E-state index contributed by atoms with van der Waals surface area (Å²) in [4.78, 5) is 27.0. The number of aromatic hydroxyl groups is 4. The van der Waals surface area contributed by atoms with E-state index in [1.807, 2.05) is 0 Å². The highest BCUT2D eigenvalue weighted by Gasteiger charge is 2.79. The van der Waals surface area contributed by atoms with Crippen molar-refractivity contribution in [3.8, 4) is 23.0 Å². The van der Waals surface area contributed by atoms with Crippen LogP contribution in [0.2, 0.25) is 0 Å². The van der Waals surface area contributed by atoms with E-state index in [0.717, 1.165) is 32.7 Å². The van der Waals surface area contributed by atoms with Crippen molar-refractivity contribution in [3.05, 3.63) is 44.8 Å². The highest BCUT2D eigenvalue weighted by Crippen LogP contribution is 2.54. The number of carbonyl (C=O) groups is 2. The maximum Gasteiger partial charge on any atom is 0.423 e. The molecule has 2 aliphatic heterocycles. The zero-order chi connectivity index (χ0) is 45.0. The molecule has 11 N–H and O–H groups in total. The lowest BCUT2D eigenvalue weighted by molar-refractivity contribution is -0.606. The smallest absolute Gasteiger partial charge is 0.423 e. The van der Waals surface area contributed by atoms with Gasteiger partial charge >= 0.3 is 42.0 Å². The van der Waals surface area contributed by atoms with Crippen molar-refractivity contribution < 1.29 is 101 Å². The van der Waals surface area contributed by atoms with E-state index >= 15 is 0 Å². The van der Waals surface area contributed by atoms with Gasteiger partial charge in [0.25, 0.3) is 0 Å². The van der Waals surface area contributed by atoms with E-state index in [9.17, 15) is 96.5 Å². The zero-order valence-electron chi connectivity index (χ0n) is 31.4. The van der Waals surface area contributed by atoms with Crippen LogP contribution >= 0.6 is 0 Å². The third-order valence-corrected chi connectivity index (χ3v) is 10.8. The van der Waals surface area contributed by atoms with Gasteiger partial charge in [0, 0.05) is 55.9 Å². The van der Waals surface area contributed by atoms with Crippen LogP contribution in [0.25, 0.3) is 0 Å². The average molecular weight is 851 g/mol.